The number of aromatic nitrogens is 2. The Morgan fingerprint density at radius 2 is 1.95 bits per heavy atom. The second-order valence-corrected chi connectivity index (χ2v) is 4.64. The Hall–Kier alpha value is -2.82. The Kier molecular flexibility index (Phi) is 3.10. The third kappa shape index (κ3) is 2.23. The SMILES string of the molecule is Cc1c(-c2ccc(F)cn2)nc2ccccc2c1C(=O)O. The van der Waals surface area contributed by atoms with Crippen LogP contribution in [0.3, 0.4) is 0 Å². The monoisotopic (exact) mass is 282 g/mol. The van der Waals surface area contributed by atoms with E-state index in [0.29, 0.717) is 27.9 Å². The molecule has 0 unspecified atom stereocenters. The molecule has 5 heteroatoms. The third-order valence-electron chi connectivity index (χ3n) is 3.32. The van der Waals surface area contributed by atoms with Gasteiger partial charge in [0, 0.05) is 5.39 Å². The molecule has 0 amide bonds. The number of nitrogens with zero attached hydrogens (tertiary/aromatic N) is 2. The van der Waals surface area contributed by atoms with Crippen LogP contribution in [0, 0.1) is 12.7 Å². The van der Waals surface area contributed by atoms with Gasteiger partial charge in [-0.15, -0.1) is 0 Å². The number of carbonyl (C=O) groups is 1. The summed E-state index contributed by atoms with van der Waals surface area (Å²) < 4.78 is 13.0. The number of pyridine rings is 2. The van der Waals surface area contributed by atoms with Crippen molar-refractivity contribution in [2.75, 3.05) is 0 Å². The molecule has 4 nitrogen and oxygen atoms in total. The summed E-state index contributed by atoms with van der Waals surface area (Å²) in [5.41, 5.74) is 2.18. The van der Waals surface area contributed by atoms with E-state index in [1.165, 1.54) is 12.1 Å². The summed E-state index contributed by atoms with van der Waals surface area (Å²) in [4.78, 5) is 20.0. The first-order valence-corrected chi connectivity index (χ1v) is 6.32. The fraction of sp³-hybridized carbons (Fsp3) is 0.0625. The van der Waals surface area contributed by atoms with Crippen LogP contribution in [0.15, 0.2) is 42.6 Å². The molecular weight excluding hydrogens is 271 g/mol. The van der Waals surface area contributed by atoms with Crippen molar-refractivity contribution in [3.63, 3.8) is 0 Å². The zero-order valence-corrected chi connectivity index (χ0v) is 11.2. The summed E-state index contributed by atoms with van der Waals surface area (Å²) in [7, 11) is 0. The van der Waals surface area contributed by atoms with Crippen molar-refractivity contribution >= 4 is 16.9 Å². The predicted octanol–water partition coefficient (Wildman–Crippen LogP) is 3.44. The summed E-state index contributed by atoms with van der Waals surface area (Å²) in [6, 6.07) is 9.79. The summed E-state index contributed by atoms with van der Waals surface area (Å²) >= 11 is 0. The van der Waals surface area contributed by atoms with E-state index in [2.05, 4.69) is 9.97 Å². The lowest BCUT2D eigenvalue weighted by molar-refractivity contribution is 0.0698. The number of hydrogen-bond acceptors (Lipinski definition) is 3. The van der Waals surface area contributed by atoms with Crippen LogP contribution in [0.2, 0.25) is 0 Å². The molecular formula is C16H11FN2O2. The first-order valence-electron chi connectivity index (χ1n) is 6.32. The van der Waals surface area contributed by atoms with Crippen LogP contribution in [0.4, 0.5) is 4.39 Å². The lowest BCUT2D eigenvalue weighted by Crippen LogP contribution is -2.05. The molecule has 2 aromatic heterocycles. The highest BCUT2D eigenvalue weighted by Gasteiger charge is 2.18. The largest absolute Gasteiger partial charge is 0.478 e. The summed E-state index contributed by atoms with van der Waals surface area (Å²) in [6.45, 7) is 1.68. The van der Waals surface area contributed by atoms with E-state index in [0.717, 1.165) is 6.20 Å². The Bertz CT molecular complexity index is 845. The zero-order valence-electron chi connectivity index (χ0n) is 11.2. The van der Waals surface area contributed by atoms with Crippen molar-refractivity contribution in [3.05, 3.63) is 59.5 Å². The van der Waals surface area contributed by atoms with Crippen LogP contribution in [0.5, 0.6) is 0 Å². The van der Waals surface area contributed by atoms with Crippen molar-refractivity contribution < 1.29 is 14.3 Å². The molecule has 0 saturated carbocycles. The quantitative estimate of drug-likeness (QED) is 0.782. The van der Waals surface area contributed by atoms with Crippen LogP contribution < -0.4 is 0 Å². The Morgan fingerprint density at radius 3 is 2.62 bits per heavy atom. The molecule has 0 aliphatic heterocycles. The minimum Gasteiger partial charge on any atom is -0.478 e. The van der Waals surface area contributed by atoms with Gasteiger partial charge in [-0.25, -0.2) is 14.2 Å². The van der Waals surface area contributed by atoms with Crippen molar-refractivity contribution in [2.45, 2.75) is 6.92 Å². The average molecular weight is 282 g/mol. The van der Waals surface area contributed by atoms with E-state index < -0.39 is 11.8 Å². The molecule has 0 aliphatic carbocycles. The molecule has 104 valence electrons. The zero-order chi connectivity index (χ0) is 15.0. The van der Waals surface area contributed by atoms with E-state index in [-0.39, 0.29) is 5.56 Å². The second kappa shape index (κ2) is 4.94. The molecule has 0 atom stereocenters. The molecule has 0 fully saturated rings. The maximum Gasteiger partial charge on any atom is 0.336 e. The predicted molar refractivity (Wildman–Crippen MR) is 76.6 cm³/mol. The highest BCUT2D eigenvalue weighted by atomic mass is 19.1. The highest BCUT2D eigenvalue weighted by molar-refractivity contribution is 6.05. The number of para-hydroxylation sites is 1. The summed E-state index contributed by atoms with van der Waals surface area (Å²) in [5, 5.41) is 10.0. The van der Waals surface area contributed by atoms with Gasteiger partial charge in [0.2, 0.25) is 0 Å². The van der Waals surface area contributed by atoms with Crippen LogP contribution in [-0.2, 0) is 0 Å². The normalized spacial score (nSPS) is 10.8. The van der Waals surface area contributed by atoms with Gasteiger partial charge in [0.25, 0.3) is 0 Å². The standard InChI is InChI=1S/C16H11FN2O2/c1-9-14(16(20)21)11-4-2-3-5-12(11)19-15(9)13-7-6-10(17)8-18-13/h2-8H,1H3,(H,20,21). The maximum absolute atomic E-state index is 13.0. The summed E-state index contributed by atoms with van der Waals surface area (Å²) in [5.74, 6) is -1.47. The Morgan fingerprint density at radius 1 is 1.19 bits per heavy atom. The number of halogens is 1. The maximum atomic E-state index is 13.0. The molecule has 3 rings (SSSR count). The van der Waals surface area contributed by atoms with Gasteiger partial charge in [-0.2, -0.15) is 0 Å². The molecule has 0 aliphatic rings. The van der Waals surface area contributed by atoms with Gasteiger partial charge in [0.1, 0.15) is 5.82 Å². The number of carboxylic acid groups (broad SMARTS) is 1. The van der Waals surface area contributed by atoms with Gasteiger partial charge >= 0.3 is 5.97 Å². The van der Waals surface area contributed by atoms with Gasteiger partial charge in [-0.1, -0.05) is 18.2 Å². The lowest BCUT2D eigenvalue weighted by atomic mass is 10.00. The first-order chi connectivity index (χ1) is 10.1. The number of hydrogen-bond donors (Lipinski definition) is 1. The van der Waals surface area contributed by atoms with E-state index >= 15 is 0 Å². The molecule has 0 bridgehead atoms. The third-order valence-corrected chi connectivity index (χ3v) is 3.32. The highest BCUT2D eigenvalue weighted by Crippen LogP contribution is 2.28. The van der Waals surface area contributed by atoms with Crippen molar-refractivity contribution in [2.24, 2.45) is 0 Å². The number of rotatable bonds is 2. The molecule has 1 aromatic carbocycles. The molecule has 0 radical (unpaired) electrons. The molecule has 21 heavy (non-hydrogen) atoms. The van der Waals surface area contributed by atoms with Crippen LogP contribution in [-0.4, -0.2) is 21.0 Å². The van der Waals surface area contributed by atoms with E-state index in [9.17, 15) is 14.3 Å². The van der Waals surface area contributed by atoms with E-state index in [4.69, 9.17) is 0 Å². The average Bonchev–Trinajstić information content (AvgIpc) is 2.47. The Balaban J connectivity index is 2.36. The number of fused-ring (bicyclic) bond motifs is 1. The van der Waals surface area contributed by atoms with Gasteiger partial charge in [0.05, 0.1) is 28.7 Å². The smallest absolute Gasteiger partial charge is 0.336 e. The van der Waals surface area contributed by atoms with E-state index in [1.54, 1.807) is 31.2 Å². The number of aromatic carboxylic acids is 1. The van der Waals surface area contributed by atoms with Crippen LogP contribution >= 0.6 is 0 Å². The Labute approximate surface area is 119 Å². The lowest BCUT2D eigenvalue weighted by Gasteiger charge is -2.11. The first kappa shape index (κ1) is 13.2. The van der Waals surface area contributed by atoms with Crippen molar-refractivity contribution in [1.29, 1.82) is 0 Å². The molecule has 3 aromatic rings. The van der Waals surface area contributed by atoms with Gasteiger partial charge in [-0.05, 0) is 30.7 Å². The van der Waals surface area contributed by atoms with Gasteiger partial charge < -0.3 is 5.11 Å². The minimum atomic E-state index is -1.02. The topological polar surface area (TPSA) is 63.1 Å². The second-order valence-electron chi connectivity index (χ2n) is 4.64. The molecule has 0 saturated heterocycles. The van der Waals surface area contributed by atoms with E-state index in [1.807, 2.05) is 0 Å². The summed E-state index contributed by atoms with van der Waals surface area (Å²) in [6.07, 6.45) is 1.09. The number of carboxylic acids is 1. The van der Waals surface area contributed by atoms with Gasteiger partial charge in [-0.3, -0.25) is 4.98 Å². The fourth-order valence-corrected chi connectivity index (χ4v) is 2.35. The van der Waals surface area contributed by atoms with Crippen LogP contribution in [0.25, 0.3) is 22.3 Å². The molecule has 2 heterocycles. The fourth-order valence-electron chi connectivity index (χ4n) is 2.35. The molecule has 1 N–H and O–H groups in total. The number of benzene rings is 1. The van der Waals surface area contributed by atoms with Crippen molar-refractivity contribution in [1.82, 2.24) is 9.97 Å². The molecule has 0 spiro atoms. The van der Waals surface area contributed by atoms with Crippen molar-refractivity contribution in [3.8, 4) is 11.4 Å². The van der Waals surface area contributed by atoms with Gasteiger partial charge in [0.15, 0.2) is 0 Å². The minimum absolute atomic E-state index is 0.196. The van der Waals surface area contributed by atoms with Crippen LogP contribution in [0.1, 0.15) is 15.9 Å².